The number of hydrogen-bond acceptors (Lipinski definition) is 6. The number of rotatable bonds is 4. The van der Waals surface area contributed by atoms with Crippen LogP contribution in [0.1, 0.15) is 6.92 Å². The molecule has 0 unspecified atom stereocenters. The van der Waals surface area contributed by atoms with Crippen LogP contribution in [0.15, 0.2) is 17.0 Å². The zero-order valence-electron chi connectivity index (χ0n) is 8.78. The van der Waals surface area contributed by atoms with E-state index in [0.717, 1.165) is 12.1 Å². The lowest BCUT2D eigenvalue weighted by molar-refractivity contribution is -0.385. The number of hydrogen-bond donors (Lipinski definition) is 2. The Morgan fingerprint density at radius 2 is 2.12 bits per heavy atom. The van der Waals surface area contributed by atoms with Crippen LogP contribution in [0.4, 0.5) is 11.4 Å². The summed E-state index contributed by atoms with van der Waals surface area (Å²) in [5.41, 5.74) is 4.01. The molecule has 0 heterocycles. The minimum Gasteiger partial charge on any atom is -0.487 e. The van der Waals surface area contributed by atoms with Crippen molar-refractivity contribution < 1.29 is 22.6 Å². The van der Waals surface area contributed by atoms with Crippen LogP contribution >= 0.6 is 0 Å². The summed E-state index contributed by atoms with van der Waals surface area (Å²) in [4.78, 5) is 9.18. The SMILES string of the molecule is CCOc1ccc(S(=O)(=O)O)c(N)c1[N+](=O)[O-]. The summed E-state index contributed by atoms with van der Waals surface area (Å²) in [6.07, 6.45) is 0. The predicted octanol–water partition coefficient (Wildman–Crippen LogP) is 0.822. The first kappa shape index (κ1) is 13.2. The third kappa shape index (κ3) is 2.63. The summed E-state index contributed by atoms with van der Waals surface area (Å²) in [5, 5.41) is 10.8. The van der Waals surface area contributed by atoms with Crippen molar-refractivity contribution in [3.05, 3.63) is 22.2 Å². The van der Waals surface area contributed by atoms with E-state index in [1.54, 1.807) is 6.92 Å². The average Bonchev–Trinajstić information content (AvgIpc) is 2.15. The van der Waals surface area contributed by atoms with Gasteiger partial charge in [-0.3, -0.25) is 14.7 Å². The summed E-state index contributed by atoms with van der Waals surface area (Å²) in [6, 6.07) is 2.02. The normalized spacial score (nSPS) is 11.2. The van der Waals surface area contributed by atoms with Crippen LogP contribution in [-0.2, 0) is 10.1 Å². The Balaban J connectivity index is 3.55. The number of nitrogens with zero attached hydrogens (tertiary/aromatic N) is 1. The lowest BCUT2D eigenvalue weighted by atomic mass is 10.2. The zero-order valence-corrected chi connectivity index (χ0v) is 9.60. The van der Waals surface area contributed by atoms with Crippen LogP contribution in [-0.4, -0.2) is 24.5 Å². The van der Waals surface area contributed by atoms with Gasteiger partial charge in [0.05, 0.1) is 11.5 Å². The maximum absolute atomic E-state index is 10.9. The molecule has 1 aromatic carbocycles. The molecule has 17 heavy (non-hydrogen) atoms. The third-order valence-corrected chi connectivity index (χ3v) is 2.81. The summed E-state index contributed by atoms with van der Waals surface area (Å²) < 4.78 is 35.6. The zero-order chi connectivity index (χ0) is 13.2. The fraction of sp³-hybridized carbons (Fsp3) is 0.250. The van der Waals surface area contributed by atoms with E-state index in [1.165, 1.54) is 0 Å². The maximum atomic E-state index is 10.9. The topological polar surface area (TPSA) is 133 Å². The fourth-order valence-electron chi connectivity index (χ4n) is 1.25. The summed E-state index contributed by atoms with van der Waals surface area (Å²) in [6.45, 7) is 1.77. The fourth-order valence-corrected chi connectivity index (χ4v) is 1.87. The van der Waals surface area contributed by atoms with E-state index >= 15 is 0 Å². The van der Waals surface area contributed by atoms with Crippen molar-refractivity contribution in [3.63, 3.8) is 0 Å². The molecule has 9 heteroatoms. The first-order chi connectivity index (χ1) is 7.79. The Morgan fingerprint density at radius 3 is 2.53 bits per heavy atom. The monoisotopic (exact) mass is 262 g/mol. The predicted molar refractivity (Wildman–Crippen MR) is 58.5 cm³/mol. The van der Waals surface area contributed by atoms with Gasteiger partial charge in [-0.15, -0.1) is 0 Å². The highest BCUT2D eigenvalue weighted by molar-refractivity contribution is 7.86. The van der Waals surface area contributed by atoms with Gasteiger partial charge in [0, 0.05) is 0 Å². The van der Waals surface area contributed by atoms with E-state index in [2.05, 4.69) is 0 Å². The quantitative estimate of drug-likeness (QED) is 0.355. The molecular formula is C8H10N2O6S. The maximum Gasteiger partial charge on any atom is 0.334 e. The van der Waals surface area contributed by atoms with E-state index in [-0.39, 0.29) is 12.4 Å². The van der Waals surface area contributed by atoms with E-state index in [1.807, 2.05) is 0 Å². The van der Waals surface area contributed by atoms with Crippen molar-refractivity contribution in [1.82, 2.24) is 0 Å². The van der Waals surface area contributed by atoms with Crippen LogP contribution in [0.2, 0.25) is 0 Å². The van der Waals surface area contributed by atoms with Gasteiger partial charge in [-0.1, -0.05) is 0 Å². The number of anilines is 1. The van der Waals surface area contributed by atoms with Gasteiger partial charge < -0.3 is 10.5 Å². The van der Waals surface area contributed by atoms with Crippen molar-refractivity contribution in [2.24, 2.45) is 0 Å². The lowest BCUT2D eigenvalue weighted by Gasteiger charge is -2.08. The molecule has 8 nitrogen and oxygen atoms in total. The smallest absolute Gasteiger partial charge is 0.334 e. The van der Waals surface area contributed by atoms with Gasteiger partial charge >= 0.3 is 5.69 Å². The van der Waals surface area contributed by atoms with Crippen molar-refractivity contribution in [2.75, 3.05) is 12.3 Å². The standard InChI is InChI=1S/C8H10N2O6S/c1-2-16-5-3-4-6(17(13,14)15)7(9)8(5)10(11)12/h3-4H,2,9H2,1H3,(H,13,14,15). The minimum atomic E-state index is -4.61. The molecule has 0 atom stereocenters. The highest BCUT2D eigenvalue weighted by atomic mass is 32.2. The highest BCUT2D eigenvalue weighted by Crippen LogP contribution is 2.37. The van der Waals surface area contributed by atoms with Gasteiger partial charge in [-0.05, 0) is 19.1 Å². The van der Waals surface area contributed by atoms with Crippen LogP contribution in [0.25, 0.3) is 0 Å². The number of ether oxygens (including phenoxy) is 1. The molecule has 1 rings (SSSR count). The molecule has 0 aliphatic rings. The molecule has 0 fully saturated rings. The van der Waals surface area contributed by atoms with Crippen LogP contribution in [0.3, 0.4) is 0 Å². The summed E-state index contributed by atoms with van der Waals surface area (Å²) in [5.74, 6) is -0.151. The molecule has 0 bridgehead atoms. The van der Waals surface area contributed by atoms with Gasteiger partial charge in [-0.25, -0.2) is 0 Å². The van der Waals surface area contributed by atoms with Gasteiger partial charge in [0.25, 0.3) is 10.1 Å². The Labute approximate surface area is 96.9 Å². The summed E-state index contributed by atoms with van der Waals surface area (Å²) in [7, 11) is -4.61. The van der Waals surface area contributed by atoms with Gasteiger partial charge in [0.2, 0.25) is 0 Å². The van der Waals surface area contributed by atoms with Crippen molar-refractivity contribution >= 4 is 21.5 Å². The first-order valence-corrected chi connectivity index (χ1v) is 5.90. The number of nitrogen functional groups attached to an aromatic ring is 1. The minimum absolute atomic E-state index is 0.151. The molecule has 0 saturated heterocycles. The van der Waals surface area contributed by atoms with Gasteiger partial charge in [0.1, 0.15) is 10.6 Å². The molecular weight excluding hydrogens is 252 g/mol. The van der Waals surface area contributed by atoms with Crippen LogP contribution in [0, 0.1) is 10.1 Å². The Morgan fingerprint density at radius 1 is 1.53 bits per heavy atom. The summed E-state index contributed by atoms with van der Waals surface area (Å²) >= 11 is 0. The van der Waals surface area contributed by atoms with E-state index < -0.39 is 31.3 Å². The molecule has 94 valence electrons. The van der Waals surface area contributed by atoms with Crippen molar-refractivity contribution in [1.29, 1.82) is 0 Å². The second-order valence-corrected chi connectivity index (χ2v) is 4.38. The number of nitro benzene ring substituents is 1. The van der Waals surface area contributed by atoms with Crippen LogP contribution in [0.5, 0.6) is 5.75 Å². The Bertz CT molecular complexity index is 553. The molecule has 1 aromatic rings. The highest BCUT2D eigenvalue weighted by Gasteiger charge is 2.27. The molecule has 0 aliphatic heterocycles. The average molecular weight is 262 g/mol. The molecule has 0 aliphatic carbocycles. The van der Waals surface area contributed by atoms with Gasteiger partial charge in [0.15, 0.2) is 5.75 Å². The van der Waals surface area contributed by atoms with Crippen molar-refractivity contribution in [2.45, 2.75) is 11.8 Å². The van der Waals surface area contributed by atoms with Gasteiger partial charge in [-0.2, -0.15) is 8.42 Å². The molecule has 3 N–H and O–H groups in total. The third-order valence-electron chi connectivity index (χ3n) is 1.90. The largest absolute Gasteiger partial charge is 0.487 e. The Kier molecular flexibility index (Phi) is 3.53. The Hall–Kier alpha value is -1.87. The number of nitro groups is 1. The van der Waals surface area contributed by atoms with Crippen molar-refractivity contribution in [3.8, 4) is 5.75 Å². The molecule has 0 radical (unpaired) electrons. The lowest BCUT2D eigenvalue weighted by Crippen LogP contribution is -2.07. The number of benzene rings is 1. The molecule has 0 saturated carbocycles. The molecule has 0 amide bonds. The van der Waals surface area contributed by atoms with E-state index in [4.69, 9.17) is 15.0 Å². The molecule has 0 spiro atoms. The number of nitrogens with two attached hydrogens (primary N) is 1. The second kappa shape index (κ2) is 4.55. The van der Waals surface area contributed by atoms with Crippen LogP contribution < -0.4 is 10.5 Å². The molecule has 0 aromatic heterocycles. The second-order valence-electron chi connectivity index (χ2n) is 2.99. The van der Waals surface area contributed by atoms with E-state index in [0.29, 0.717) is 0 Å². The van der Waals surface area contributed by atoms with E-state index in [9.17, 15) is 18.5 Å². The first-order valence-electron chi connectivity index (χ1n) is 4.46.